The van der Waals surface area contributed by atoms with Crippen LogP contribution in [0.1, 0.15) is 49.7 Å². The second-order valence-corrected chi connectivity index (χ2v) is 6.52. The maximum atomic E-state index is 5.88. The highest BCUT2D eigenvalue weighted by Crippen LogP contribution is 2.38. The molecule has 3 unspecified atom stereocenters. The van der Waals surface area contributed by atoms with E-state index < -0.39 is 0 Å². The van der Waals surface area contributed by atoms with Gasteiger partial charge in [-0.3, -0.25) is 0 Å². The van der Waals surface area contributed by atoms with Gasteiger partial charge in [0.05, 0.1) is 18.2 Å². The van der Waals surface area contributed by atoms with Gasteiger partial charge >= 0.3 is 0 Å². The Bertz CT molecular complexity index is 595. The molecule has 7 nitrogen and oxygen atoms in total. The average Bonchev–Trinajstić information content (AvgIpc) is 2.99. The molecule has 7 heteroatoms. The monoisotopic (exact) mass is 317 g/mol. The molecule has 0 radical (unpaired) electrons. The number of rotatable bonds is 6. The van der Waals surface area contributed by atoms with Crippen molar-refractivity contribution in [2.45, 2.75) is 62.8 Å². The SMILES string of the molecule is C=CCNC(=NCc1nc(C2CC2)no1)NC1CC2CCC1O2. The van der Waals surface area contributed by atoms with Crippen molar-refractivity contribution >= 4 is 5.96 Å². The maximum absolute atomic E-state index is 5.88. The molecule has 3 fully saturated rings. The first-order chi connectivity index (χ1) is 11.3. The summed E-state index contributed by atoms with van der Waals surface area (Å²) in [5.41, 5.74) is 0. The highest BCUT2D eigenvalue weighted by atomic mass is 16.5. The van der Waals surface area contributed by atoms with Crippen molar-refractivity contribution in [2.75, 3.05) is 6.54 Å². The Morgan fingerprint density at radius 2 is 2.26 bits per heavy atom. The molecule has 2 bridgehead atoms. The summed E-state index contributed by atoms with van der Waals surface area (Å²) < 4.78 is 11.2. The molecule has 1 aromatic rings. The van der Waals surface area contributed by atoms with E-state index in [2.05, 4.69) is 32.3 Å². The van der Waals surface area contributed by atoms with Gasteiger partial charge in [-0.05, 0) is 32.1 Å². The number of nitrogens with one attached hydrogen (secondary N) is 2. The number of fused-ring (bicyclic) bond motifs is 2. The third kappa shape index (κ3) is 3.39. The topological polar surface area (TPSA) is 84.6 Å². The minimum atomic E-state index is 0.306. The Kier molecular flexibility index (Phi) is 4.03. The van der Waals surface area contributed by atoms with Crippen molar-refractivity contribution in [3.05, 3.63) is 24.4 Å². The standard InChI is InChI=1S/C16H23N5O2/c1-2-7-17-16(19-12-8-11-5-6-13(12)22-11)18-9-14-20-15(21-23-14)10-3-4-10/h2,10-13H,1,3-9H2,(H2,17,18,19). The molecule has 2 N–H and O–H groups in total. The van der Waals surface area contributed by atoms with Crippen LogP contribution in [0.2, 0.25) is 0 Å². The van der Waals surface area contributed by atoms with Crippen LogP contribution in [-0.4, -0.2) is 40.9 Å². The number of nitrogens with zero attached hydrogens (tertiary/aromatic N) is 3. The Morgan fingerprint density at radius 3 is 2.96 bits per heavy atom. The molecule has 1 aromatic heterocycles. The van der Waals surface area contributed by atoms with Crippen LogP contribution in [0.25, 0.3) is 0 Å². The summed E-state index contributed by atoms with van der Waals surface area (Å²) in [6.07, 6.45) is 8.22. The lowest BCUT2D eigenvalue weighted by molar-refractivity contribution is 0.0992. The van der Waals surface area contributed by atoms with Gasteiger partial charge in [-0.2, -0.15) is 4.98 Å². The minimum Gasteiger partial charge on any atom is -0.373 e. The maximum Gasteiger partial charge on any atom is 0.248 e. The van der Waals surface area contributed by atoms with Gasteiger partial charge in [0.1, 0.15) is 6.54 Å². The van der Waals surface area contributed by atoms with Crippen molar-refractivity contribution in [1.29, 1.82) is 0 Å². The number of aliphatic imine (C=N–C) groups is 1. The molecule has 3 atom stereocenters. The van der Waals surface area contributed by atoms with Crippen LogP contribution in [0.15, 0.2) is 22.2 Å². The van der Waals surface area contributed by atoms with Crippen LogP contribution in [-0.2, 0) is 11.3 Å². The first-order valence-electron chi connectivity index (χ1n) is 8.45. The lowest BCUT2D eigenvalue weighted by Crippen LogP contribution is -2.47. The van der Waals surface area contributed by atoms with Crippen molar-refractivity contribution in [1.82, 2.24) is 20.8 Å². The molecule has 1 saturated carbocycles. The summed E-state index contributed by atoms with van der Waals surface area (Å²) in [6.45, 7) is 4.78. The van der Waals surface area contributed by atoms with Gasteiger partial charge < -0.3 is 19.9 Å². The normalized spacial score (nSPS) is 29.7. The number of ether oxygens (including phenoxy) is 1. The number of hydrogen-bond donors (Lipinski definition) is 2. The van der Waals surface area contributed by atoms with E-state index in [9.17, 15) is 0 Å². The molecule has 3 heterocycles. The lowest BCUT2D eigenvalue weighted by Gasteiger charge is -2.22. The third-order valence-corrected chi connectivity index (χ3v) is 4.64. The summed E-state index contributed by atoms with van der Waals surface area (Å²) >= 11 is 0. The number of guanidine groups is 1. The van der Waals surface area contributed by atoms with Crippen LogP contribution in [0.5, 0.6) is 0 Å². The molecule has 2 aliphatic heterocycles. The predicted molar refractivity (Wildman–Crippen MR) is 85.0 cm³/mol. The fourth-order valence-electron chi connectivity index (χ4n) is 3.27. The first kappa shape index (κ1) is 14.7. The summed E-state index contributed by atoms with van der Waals surface area (Å²) in [6, 6.07) is 0.328. The van der Waals surface area contributed by atoms with Crippen LogP contribution in [0.3, 0.4) is 0 Å². The van der Waals surface area contributed by atoms with E-state index in [1.807, 2.05) is 6.08 Å². The fraction of sp³-hybridized carbons (Fsp3) is 0.688. The van der Waals surface area contributed by atoms with Crippen molar-refractivity contribution in [3.63, 3.8) is 0 Å². The first-order valence-corrected chi connectivity index (χ1v) is 8.45. The van der Waals surface area contributed by atoms with E-state index in [1.165, 1.54) is 19.3 Å². The van der Waals surface area contributed by atoms with Crippen LogP contribution < -0.4 is 10.6 Å². The van der Waals surface area contributed by atoms with Crippen LogP contribution in [0.4, 0.5) is 0 Å². The largest absolute Gasteiger partial charge is 0.373 e. The molecule has 0 spiro atoms. The van der Waals surface area contributed by atoms with Gasteiger partial charge in [-0.1, -0.05) is 11.2 Å². The van der Waals surface area contributed by atoms with Gasteiger partial charge in [0, 0.05) is 12.5 Å². The zero-order chi connectivity index (χ0) is 15.6. The zero-order valence-corrected chi connectivity index (χ0v) is 13.2. The van der Waals surface area contributed by atoms with E-state index >= 15 is 0 Å². The molecule has 124 valence electrons. The number of hydrogen-bond acceptors (Lipinski definition) is 5. The zero-order valence-electron chi connectivity index (χ0n) is 13.2. The molecule has 3 aliphatic rings. The molecule has 4 rings (SSSR count). The quantitative estimate of drug-likeness (QED) is 0.470. The molecule has 0 aromatic carbocycles. The molecular weight excluding hydrogens is 294 g/mol. The van der Waals surface area contributed by atoms with Gasteiger partial charge in [0.25, 0.3) is 0 Å². The fourth-order valence-corrected chi connectivity index (χ4v) is 3.27. The molecule has 1 aliphatic carbocycles. The van der Waals surface area contributed by atoms with E-state index in [0.717, 1.165) is 24.6 Å². The summed E-state index contributed by atoms with van der Waals surface area (Å²) in [7, 11) is 0. The second kappa shape index (κ2) is 6.31. The van der Waals surface area contributed by atoms with Crippen LogP contribution in [0, 0.1) is 0 Å². The highest BCUT2D eigenvalue weighted by Gasteiger charge is 2.41. The smallest absolute Gasteiger partial charge is 0.248 e. The number of aromatic nitrogens is 2. The van der Waals surface area contributed by atoms with E-state index in [4.69, 9.17) is 9.26 Å². The third-order valence-electron chi connectivity index (χ3n) is 4.64. The Morgan fingerprint density at radius 1 is 1.35 bits per heavy atom. The van der Waals surface area contributed by atoms with Crippen molar-refractivity contribution < 1.29 is 9.26 Å². The van der Waals surface area contributed by atoms with E-state index in [1.54, 1.807) is 0 Å². The summed E-state index contributed by atoms with van der Waals surface area (Å²) in [5, 5.41) is 10.7. The molecule has 23 heavy (non-hydrogen) atoms. The van der Waals surface area contributed by atoms with E-state index in [-0.39, 0.29) is 0 Å². The van der Waals surface area contributed by atoms with Crippen molar-refractivity contribution in [3.8, 4) is 0 Å². The minimum absolute atomic E-state index is 0.306. The van der Waals surface area contributed by atoms with E-state index in [0.29, 0.717) is 43.1 Å². The van der Waals surface area contributed by atoms with Crippen molar-refractivity contribution in [2.24, 2.45) is 4.99 Å². The molecule has 0 amide bonds. The van der Waals surface area contributed by atoms with Crippen LogP contribution >= 0.6 is 0 Å². The molecule has 2 saturated heterocycles. The van der Waals surface area contributed by atoms with Gasteiger partial charge in [-0.15, -0.1) is 6.58 Å². The summed E-state index contributed by atoms with van der Waals surface area (Å²) in [4.78, 5) is 8.98. The Balaban J connectivity index is 1.38. The predicted octanol–water partition coefficient (Wildman–Crippen LogP) is 1.49. The lowest BCUT2D eigenvalue weighted by atomic mass is 9.96. The molecular formula is C16H23N5O2. The Hall–Kier alpha value is -1.89. The second-order valence-electron chi connectivity index (χ2n) is 6.52. The van der Waals surface area contributed by atoms with Gasteiger partial charge in [0.15, 0.2) is 11.8 Å². The van der Waals surface area contributed by atoms with Gasteiger partial charge in [-0.25, -0.2) is 4.99 Å². The van der Waals surface area contributed by atoms with Gasteiger partial charge in [0.2, 0.25) is 5.89 Å². The Labute approximate surface area is 135 Å². The average molecular weight is 317 g/mol. The highest BCUT2D eigenvalue weighted by molar-refractivity contribution is 5.80. The summed E-state index contributed by atoms with van der Waals surface area (Å²) in [5.74, 6) is 2.64.